The molecule has 0 bridgehead atoms. The molecule has 0 atom stereocenters. The lowest BCUT2D eigenvalue weighted by atomic mass is 9.79. The van der Waals surface area contributed by atoms with Gasteiger partial charge >= 0.3 is 0 Å². The molecule has 3 rings (SSSR count). The quantitative estimate of drug-likeness (QED) is 0.407. The van der Waals surface area contributed by atoms with Gasteiger partial charge in [-0.2, -0.15) is 0 Å². The molecule has 2 saturated carbocycles. The van der Waals surface area contributed by atoms with Gasteiger partial charge in [0.2, 0.25) is 0 Å². The second kappa shape index (κ2) is 11.8. The molecule has 0 aliphatic heterocycles. The average molecular weight is 387 g/mol. The van der Waals surface area contributed by atoms with Crippen LogP contribution in [0, 0.1) is 11.8 Å². The number of hydrogen-bond acceptors (Lipinski definition) is 4. The van der Waals surface area contributed by atoms with E-state index in [1.807, 2.05) is 0 Å². The molecule has 2 aliphatic carbocycles. The highest BCUT2D eigenvalue weighted by Gasteiger charge is 2.27. The largest absolute Gasteiger partial charge is 0.176 e. The van der Waals surface area contributed by atoms with Crippen LogP contribution in [0.1, 0.15) is 140 Å². The van der Waals surface area contributed by atoms with E-state index in [0.717, 1.165) is 23.5 Å². The van der Waals surface area contributed by atoms with Crippen molar-refractivity contribution in [2.24, 2.45) is 11.8 Å². The maximum atomic E-state index is 4.53. The third-order valence-electron chi connectivity index (χ3n) is 7.37. The van der Waals surface area contributed by atoms with Crippen LogP contribution in [0.3, 0.4) is 0 Å². The summed E-state index contributed by atoms with van der Waals surface area (Å²) in [6, 6.07) is 0. The zero-order chi connectivity index (χ0) is 19.6. The van der Waals surface area contributed by atoms with Crippen molar-refractivity contribution in [3.63, 3.8) is 0 Å². The van der Waals surface area contributed by atoms with Crippen LogP contribution in [0.2, 0.25) is 0 Å². The van der Waals surface area contributed by atoms with E-state index >= 15 is 0 Å². The molecule has 0 radical (unpaired) electrons. The topological polar surface area (TPSA) is 51.6 Å². The lowest BCUT2D eigenvalue weighted by Crippen LogP contribution is -2.20. The van der Waals surface area contributed by atoms with Gasteiger partial charge in [-0.15, -0.1) is 20.4 Å². The van der Waals surface area contributed by atoms with Crippen LogP contribution in [0.4, 0.5) is 0 Å². The minimum absolute atomic E-state index is 0.491. The van der Waals surface area contributed by atoms with Crippen molar-refractivity contribution in [1.29, 1.82) is 0 Å². The molecule has 158 valence electrons. The second-order valence-electron chi connectivity index (χ2n) is 9.54. The zero-order valence-corrected chi connectivity index (χ0v) is 18.4. The highest BCUT2D eigenvalue weighted by Crippen LogP contribution is 2.38. The first kappa shape index (κ1) is 21.6. The SMILES string of the molecule is CCCCCC1CCC(c2nnc(C3CCC(CCCCC)CC3)nn2)CC1. The summed E-state index contributed by atoms with van der Waals surface area (Å²) in [7, 11) is 0. The number of aromatic nitrogens is 4. The molecule has 4 nitrogen and oxygen atoms in total. The van der Waals surface area contributed by atoms with Crippen molar-refractivity contribution in [2.45, 2.75) is 128 Å². The molecular formula is C24H42N4. The molecule has 28 heavy (non-hydrogen) atoms. The van der Waals surface area contributed by atoms with Crippen LogP contribution >= 0.6 is 0 Å². The first-order chi connectivity index (χ1) is 13.8. The van der Waals surface area contributed by atoms with Crippen molar-refractivity contribution in [1.82, 2.24) is 20.4 Å². The lowest BCUT2D eigenvalue weighted by molar-refractivity contribution is 0.286. The number of unbranched alkanes of at least 4 members (excludes halogenated alkanes) is 4. The van der Waals surface area contributed by atoms with Gasteiger partial charge in [0, 0.05) is 11.8 Å². The van der Waals surface area contributed by atoms with E-state index in [9.17, 15) is 0 Å². The van der Waals surface area contributed by atoms with E-state index in [2.05, 4.69) is 34.2 Å². The summed E-state index contributed by atoms with van der Waals surface area (Å²) in [5, 5.41) is 18.1. The van der Waals surface area contributed by atoms with Gasteiger partial charge in [0.1, 0.15) is 0 Å². The van der Waals surface area contributed by atoms with E-state index in [4.69, 9.17) is 0 Å². The van der Waals surface area contributed by atoms with E-state index in [1.54, 1.807) is 0 Å². The first-order valence-electron chi connectivity index (χ1n) is 12.4. The third kappa shape index (κ3) is 6.49. The Morgan fingerprint density at radius 2 is 0.893 bits per heavy atom. The Morgan fingerprint density at radius 3 is 1.21 bits per heavy atom. The van der Waals surface area contributed by atoms with Crippen LogP contribution in [-0.4, -0.2) is 20.4 Å². The Kier molecular flexibility index (Phi) is 9.14. The van der Waals surface area contributed by atoms with Crippen molar-refractivity contribution >= 4 is 0 Å². The summed E-state index contributed by atoms with van der Waals surface area (Å²) in [4.78, 5) is 0. The monoisotopic (exact) mass is 386 g/mol. The Bertz CT molecular complexity index is 479. The molecule has 0 N–H and O–H groups in total. The number of rotatable bonds is 10. The smallest absolute Gasteiger partial charge is 0.131 e. The van der Waals surface area contributed by atoms with E-state index in [0.29, 0.717) is 11.8 Å². The normalized spacial score (nSPS) is 28.4. The van der Waals surface area contributed by atoms with Crippen LogP contribution in [0.5, 0.6) is 0 Å². The minimum Gasteiger partial charge on any atom is -0.131 e. The van der Waals surface area contributed by atoms with Crippen LogP contribution in [0.15, 0.2) is 0 Å². The molecule has 0 spiro atoms. The zero-order valence-electron chi connectivity index (χ0n) is 18.4. The van der Waals surface area contributed by atoms with Gasteiger partial charge < -0.3 is 0 Å². The van der Waals surface area contributed by atoms with E-state index in [1.165, 1.54) is 103 Å². The van der Waals surface area contributed by atoms with E-state index in [-0.39, 0.29) is 0 Å². The van der Waals surface area contributed by atoms with Crippen molar-refractivity contribution < 1.29 is 0 Å². The summed E-state index contributed by atoms with van der Waals surface area (Å²) in [5.74, 6) is 4.65. The summed E-state index contributed by atoms with van der Waals surface area (Å²) in [6.07, 6.45) is 21.3. The van der Waals surface area contributed by atoms with Gasteiger partial charge in [0.05, 0.1) is 0 Å². The van der Waals surface area contributed by atoms with Gasteiger partial charge in [-0.3, -0.25) is 0 Å². The minimum atomic E-state index is 0.491. The van der Waals surface area contributed by atoms with Gasteiger partial charge in [0.25, 0.3) is 0 Å². The maximum Gasteiger partial charge on any atom is 0.176 e. The summed E-state index contributed by atoms with van der Waals surface area (Å²) in [5.41, 5.74) is 0. The molecule has 2 aliphatic rings. The Morgan fingerprint density at radius 1 is 0.536 bits per heavy atom. The highest BCUT2D eigenvalue weighted by atomic mass is 15.3. The third-order valence-corrected chi connectivity index (χ3v) is 7.37. The van der Waals surface area contributed by atoms with Crippen molar-refractivity contribution in [3.05, 3.63) is 11.6 Å². The van der Waals surface area contributed by atoms with Crippen LogP contribution in [0.25, 0.3) is 0 Å². The number of nitrogens with zero attached hydrogens (tertiary/aromatic N) is 4. The predicted molar refractivity (Wildman–Crippen MR) is 115 cm³/mol. The number of hydrogen-bond donors (Lipinski definition) is 0. The highest BCUT2D eigenvalue weighted by molar-refractivity contribution is 4.99. The molecule has 2 fully saturated rings. The molecule has 4 heteroatoms. The van der Waals surface area contributed by atoms with Crippen LogP contribution < -0.4 is 0 Å². The van der Waals surface area contributed by atoms with Gasteiger partial charge in [0.15, 0.2) is 11.6 Å². The molecule has 1 aromatic heterocycles. The molecule has 0 unspecified atom stereocenters. The second-order valence-corrected chi connectivity index (χ2v) is 9.54. The Hall–Kier alpha value is -1.06. The molecule has 0 aromatic carbocycles. The van der Waals surface area contributed by atoms with Gasteiger partial charge in [-0.05, 0) is 63.2 Å². The van der Waals surface area contributed by atoms with Crippen LogP contribution in [-0.2, 0) is 0 Å². The first-order valence-corrected chi connectivity index (χ1v) is 12.4. The fraction of sp³-hybridized carbons (Fsp3) is 0.917. The Balaban J connectivity index is 1.41. The van der Waals surface area contributed by atoms with Gasteiger partial charge in [-0.25, -0.2) is 0 Å². The summed E-state index contributed by atoms with van der Waals surface area (Å²) >= 11 is 0. The lowest BCUT2D eigenvalue weighted by Gasteiger charge is -2.28. The summed E-state index contributed by atoms with van der Waals surface area (Å²) < 4.78 is 0. The Labute approximate surface area is 172 Å². The summed E-state index contributed by atoms with van der Waals surface area (Å²) in [6.45, 7) is 4.58. The van der Waals surface area contributed by atoms with Crippen molar-refractivity contribution in [2.75, 3.05) is 0 Å². The fourth-order valence-corrected chi connectivity index (χ4v) is 5.36. The fourth-order valence-electron chi connectivity index (χ4n) is 5.36. The molecular weight excluding hydrogens is 344 g/mol. The molecule has 0 amide bonds. The van der Waals surface area contributed by atoms with E-state index < -0.39 is 0 Å². The predicted octanol–water partition coefficient (Wildman–Crippen LogP) is 6.97. The standard InChI is InChI=1S/C24H42N4/c1-3-5-7-9-19-11-15-21(16-12-19)23-25-27-24(28-26-23)22-17-13-20(14-18-22)10-8-6-4-2/h19-22H,3-18H2,1-2H3. The maximum absolute atomic E-state index is 4.53. The van der Waals surface area contributed by atoms with Crippen molar-refractivity contribution in [3.8, 4) is 0 Å². The van der Waals surface area contributed by atoms with Gasteiger partial charge in [-0.1, -0.05) is 65.2 Å². The molecule has 0 saturated heterocycles. The average Bonchev–Trinajstić information content (AvgIpc) is 2.75. The molecule has 1 aromatic rings. The molecule has 1 heterocycles.